The van der Waals surface area contributed by atoms with E-state index in [4.69, 9.17) is 0 Å². The molecule has 0 fully saturated rings. The SMILES string of the molecule is CCCCCCCCCCCCc1cc2c3ccc4c(ccc5c4ccc4c5cc(CCCCCCCCCCCC)n4C)c3ccc2n1C. The minimum Gasteiger partial charge on any atom is -0.348 e. The molecule has 268 valence electrons. The van der Waals surface area contributed by atoms with E-state index in [1.54, 1.807) is 0 Å². The van der Waals surface area contributed by atoms with Gasteiger partial charge >= 0.3 is 0 Å². The molecule has 6 rings (SSSR count). The minimum absolute atomic E-state index is 1.18. The van der Waals surface area contributed by atoms with Crippen molar-refractivity contribution in [1.82, 2.24) is 9.13 Å². The van der Waals surface area contributed by atoms with Crippen molar-refractivity contribution in [2.24, 2.45) is 14.1 Å². The van der Waals surface area contributed by atoms with E-state index in [0.717, 1.165) is 0 Å². The van der Waals surface area contributed by atoms with Gasteiger partial charge < -0.3 is 9.13 Å². The average molecular weight is 671 g/mol. The second kappa shape index (κ2) is 18.3. The minimum atomic E-state index is 1.18. The fourth-order valence-corrected chi connectivity index (χ4v) is 8.85. The highest BCUT2D eigenvalue weighted by molar-refractivity contribution is 6.24. The molecule has 0 aliphatic rings. The van der Waals surface area contributed by atoms with E-state index in [2.05, 4.69) is 97.7 Å². The number of unbranched alkanes of at least 4 members (excludes halogenated alkanes) is 18. The van der Waals surface area contributed by atoms with E-state index in [-0.39, 0.29) is 0 Å². The van der Waals surface area contributed by atoms with Crippen LogP contribution in [-0.2, 0) is 26.9 Å². The van der Waals surface area contributed by atoms with Crippen molar-refractivity contribution in [3.05, 3.63) is 72.1 Å². The van der Waals surface area contributed by atoms with Gasteiger partial charge in [0.1, 0.15) is 0 Å². The Morgan fingerprint density at radius 3 is 0.900 bits per heavy atom. The molecule has 2 nitrogen and oxygen atoms in total. The third-order valence-corrected chi connectivity index (χ3v) is 12.0. The summed E-state index contributed by atoms with van der Waals surface area (Å²) in [6.45, 7) is 4.60. The number of benzene rings is 4. The second-order valence-electron chi connectivity index (χ2n) is 15.7. The number of aryl methyl sites for hydroxylation is 4. The molecule has 4 aromatic carbocycles. The van der Waals surface area contributed by atoms with Gasteiger partial charge in [0.15, 0.2) is 0 Å². The normalized spacial score (nSPS) is 12.2. The van der Waals surface area contributed by atoms with E-state index in [1.807, 2.05) is 0 Å². The van der Waals surface area contributed by atoms with E-state index in [9.17, 15) is 0 Å². The van der Waals surface area contributed by atoms with E-state index >= 15 is 0 Å². The Kier molecular flexibility index (Phi) is 13.4. The zero-order valence-electron chi connectivity index (χ0n) is 32.2. The predicted octanol–water partition coefficient (Wildman–Crippen LogP) is 15.1. The number of aromatic nitrogens is 2. The van der Waals surface area contributed by atoms with Crippen LogP contribution in [0.4, 0.5) is 0 Å². The van der Waals surface area contributed by atoms with Gasteiger partial charge in [0, 0.05) is 47.3 Å². The van der Waals surface area contributed by atoms with Crippen molar-refractivity contribution in [2.45, 2.75) is 155 Å². The van der Waals surface area contributed by atoms with Crippen LogP contribution in [0.5, 0.6) is 0 Å². The van der Waals surface area contributed by atoms with Crippen LogP contribution >= 0.6 is 0 Å². The fraction of sp³-hybridized carbons (Fsp3) is 0.542. The summed E-state index contributed by atoms with van der Waals surface area (Å²) in [5, 5.41) is 11.1. The maximum atomic E-state index is 2.49. The lowest BCUT2D eigenvalue weighted by Crippen LogP contribution is -1.96. The van der Waals surface area contributed by atoms with Crippen LogP contribution in [0.1, 0.15) is 154 Å². The first kappa shape index (κ1) is 36.5. The van der Waals surface area contributed by atoms with E-state index in [1.165, 1.54) is 207 Å². The zero-order chi connectivity index (χ0) is 34.7. The van der Waals surface area contributed by atoms with Crippen LogP contribution in [0.15, 0.2) is 60.7 Å². The third kappa shape index (κ3) is 8.43. The maximum absolute atomic E-state index is 2.49. The molecule has 0 N–H and O–H groups in total. The smallest absolute Gasteiger partial charge is 0.0486 e. The molecule has 0 aliphatic heterocycles. The summed E-state index contributed by atoms with van der Waals surface area (Å²) >= 11 is 0. The van der Waals surface area contributed by atoms with Gasteiger partial charge in [-0.2, -0.15) is 0 Å². The molecule has 0 saturated heterocycles. The van der Waals surface area contributed by atoms with Crippen molar-refractivity contribution in [3.8, 4) is 0 Å². The summed E-state index contributed by atoms with van der Waals surface area (Å²) in [6.07, 6.45) is 30.1. The number of nitrogens with zero attached hydrogens (tertiary/aromatic N) is 2. The summed E-state index contributed by atoms with van der Waals surface area (Å²) < 4.78 is 4.90. The monoisotopic (exact) mass is 671 g/mol. The Bertz CT molecular complexity index is 1820. The number of hydrogen-bond donors (Lipinski definition) is 0. The summed E-state index contributed by atoms with van der Waals surface area (Å²) in [5.74, 6) is 0. The van der Waals surface area contributed by atoms with Crippen LogP contribution < -0.4 is 0 Å². The largest absolute Gasteiger partial charge is 0.348 e. The number of hydrogen-bond acceptors (Lipinski definition) is 0. The summed E-state index contributed by atoms with van der Waals surface area (Å²) in [4.78, 5) is 0. The first-order chi connectivity index (χ1) is 24.6. The highest BCUT2D eigenvalue weighted by Gasteiger charge is 2.14. The molecule has 0 amide bonds. The fourth-order valence-electron chi connectivity index (χ4n) is 8.85. The van der Waals surface area contributed by atoms with Gasteiger partial charge in [0.25, 0.3) is 0 Å². The summed E-state index contributed by atoms with van der Waals surface area (Å²) in [7, 11) is 4.54. The standard InChI is InChI=1S/C48H66N2/c1-5-7-9-11-13-15-17-19-21-23-25-37-35-45-43-29-27-40-39(41(43)31-33-47(45)49(37)3)28-30-44-42(40)32-34-48-46(44)36-38(50(48)4)26-24-22-20-18-16-14-12-10-8-6-2/h27-36H,5-26H2,1-4H3. The van der Waals surface area contributed by atoms with Gasteiger partial charge in [-0.15, -0.1) is 0 Å². The molecular weight excluding hydrogens is 605 g/mol. The Hall–Kier alpha value is -3.26. The molecule has 0 radical (unpaired) electrons. The topological polar surface area (TPSA) is 9.86 Å². The molecule has 0 spiro atoms. The zero-order valence-corrected chi connectivity index (χ0v) is 32.2. The highest BCUT2D eigenvalue weighted by atomic mass is 14.9. The second-order valence-corrected chi connectivity index (χ2v) is 15.7. The van der Waals surface area contributed by atoms with Gasteiger partial charge in [-0.1, -0.05) is 166 Å². The van der Waals surface area contributed by atoms with Crippen molar-refractivity contribution >= 4 is 54.1 Å². The molecule has 50 heavy (non-hydrogen) atoms. The van der Waals surface area contributed by atoms with Gasteiger partial charge in [0.05, 0.1) is 0 Å². The summed E-state index contributed by atoms with van der Waals surface area (Å²) in [5.41, 5.74) is 5.68. The lowest BCUT2D eigenvalue weighted by molar-refractivity contribution is 0.554. The van der Waals surface area contributed by atoms with Crippen molar-refractivity contribution in [2.75, 3.05) is 0 Å². The number of rotatable bonds is 22. The van der Waals surface area contributed by atoms with Crippen molar-refractivity contribution < 1.29 is 0 Å². The molecule has 0 aliphatic carbocycles. The molecular formula is C48H66N2. The Balaban J connectivity index is 1.12. The van der Waals surface area contributed by atoms with Gasteiger partial charge in [-0.05, 0) is 82.3 Å². The van der Waals surface area contributed by atoms with E-state index in [0.29, 0.717) is 0 Å². The predicted molar refractivity (Wildman–Crippen MR) is 223 cm³/mol. The van der Waals surface area contributed by atoms with Crippen LogP contribution in [0.25, 0.3) is 54.1 Å². The van der Waals surface area contributed by atoms with Crippen LogP contribution in [-0.4, -0.2) is 9.13 Å². The van der Waals surface area contributed by atoms with Crippen molar-refractivity contribution in [3.63, 3.8) is 0 Å². The lowest BCUT2D eigenvalue weighted by Gasteiger charge is -2.10. The molecule has 6 aromatic rings. The molecule has 0 unspecified atom stereocenters. The Labute approximate surface area is 303 Å². The van der Waals surface area contributed by atoms with E-state index < -0.39 is 0 Å². The number of fused-ring (bicyclic) bond motifs is 9. The first-order valence-corrected chi connectivity index (χ1v) is 21.0. The quantitative estimate of drug-likeness (QED) is 0.0502. The summed E-state index contributed by atoms with van der Waals surface area (Å²) in [6, 6.07) is 24.0. The van der Waals surface area contributed by atoms with Crippen molar-refractivity contribution in [1.29, 1.82) is 0 Å². The molecule has 0 bridgehead atoms. The van der Waals surface area contributed by atoms with Crippen LogP contribution in [0.3, 0.4) is 0 Å². The molecule has 2 heteroatoms. The van der Waals surface area contributed by atoms with Gasteiger partial charge in [0.2, 0.25) is 0 Å². The molecule has 2 heterocycles. The molecule has 0 saturated carbocycles. The van der Waals surface area contributed by atoms with Gasteiger partial charge in [-0.3, -0.25) is 0 Å². The molecule has 0 atom stereocenters. The first-order valence-electron chi connectivity index (χ1n) is 21.0. The van der Waals surface area contributed by atoms with Crippen LogP contribution in [0, 0.1) is 0 Å². The average Bonchev–Trinajstić information content (AvgIpc) is 3.64. The Morgan fingerprint density at radius 2 is 0.580 bits per heavy atom. The van der Waals surface area contributed by atoms with Crippen LogP contribution in [0.2, 0.25) is 0 Å². The molecule has 2 aromatic heterocycles. The third-order valence-electron chi connectivity index (χ3n) is 12.0. The Morgan fingerprint density at radius 1 is 0.320 bits per heavy atom. The lowest BCUT2D eigenvalue weighted by atomic mass is 9.94. The highest BCUT2D eigenvalue weighted by Crippen LogP contribution is 2.38. The van der Waals surface area contributed by atoms with Gasteiger partial charge in [-0.25, -0.2) is 0 Å². The maximum Gasteiger partial charge on any atom is 0.0486 e.